The van der Waals surface area contributed by atoms with E-state index in [9.17, 15) is 4.79 Å². The van der Waals surface area contributed by atoms with Crippen molar-refractivity contribution >= 4 is 57.0 Å². The Morgan fingerprint density at radius 2 is 1.75 bits per heavy atom. The number of hydrogen-bond donors (Lipinski definition) is 0. The van der Waals surface area contributed by atoms with Crippen LogP contribution in [0.4, 0.5) is 5.69 Å². The lowest BCUT2D eigenvalue weighted by Crippen LogP contribution is -2.46. The Morgan fingerprint density at radius 3 is 2.46 bits per heavy atom. The fourth-order valence-corrected chi connectivity index (χ4v) is 4.50. The van der Waals surface area contributed by atoms with Crippen molar-refractivity contribution in [2.24, 2.45) is 0 Å². The van der Waals surface area contributed by atoms with Gasteiger partial charge in [0.2, 0.25) is 0 Å². The van der Waals surface area contributed by atoms with Crippen LogP contribution >= 0.6 is 35.3 Å². The summed E-state index contributed by atoms with van der Waals surface area (Å²) in [5.74, 6) is 0.163. The van der Waals surface area contributed by atoms with E-state index in [0.29, 0.717) is 11.4 Å². The average molecular weight is 436 g/mol. The SMILES string of the molecule is Cl.O=C(CCCN1CCN(c2ccc(Cl)cc2)CC1)c1nc2ccccc2s1. The van der Waals surface area contributed by atoms with E-state index in [1.54, 1.807) is 0 Å². The zero-order valence-corrected chi connectivity index (χ0v) is 17.9. The Hall–Kier alpha value is -1.66. The molecule has 4 rings (SSSR count). The number of nitrogens with zero attached hydrogens (tertiary/aromatic N) is 3. The molecular formula is C21H23Cl2N3OS. The van der Waals surface area contributed by atoms with Gasteiger partial charge in [-0.3, -0.25) is 9.69 Å². The number of hydrogen-bond acceptors (Lipinski definition) is 5. The second-order valence-electron chi connectivity index (χ2n) is 6.82. The molecule has 0 aliphatic carbocycles. The Kier molecular flexibility index (Phi) is 7.30. The van der Waals surface area contributed by atoms with Crippen LogP contribution in [-0.4, -0.2) is 48.4 Å². The number of piperazine rings is 1. The Balaban J connectivity index is 0.00000225. The number of para-hydroxylation sites is 1. The third-order valence-corrected chi connectivity index (χ3v) is 6.30. The standard InChI is InChI=1S/C21H22ClN3OS.ClH/c22-16-7-9-17(10-8-16)25-14-12-24(13-15-25)11-3-5-19(26)21-23-18-4-1-2-6-20(18)27-21;/h1-2,4,6-10H,3,5,11-15H2;1H. The lowest BCUT2D eigenvalue weighted by Gasteiger charge is -2.36. The van der Waals surface area contributed by atoms with E-state index < -0.39 is 0 Å². The predicted molar refractivity (Wildman–Crippen MR) is 121 cm³/mol. The molecule has 0 unspecified atom stereocenters. The second kappa shape index (κ2) is 9.70. The summed E-state index contributed by atoms with van der Waals surface area (Å²) >= 11 is 7.47. The van der Waals surface area contributed by atoms with Gasteiger partial charge in [0.15, 0.2) is 10.8 Å². The topological polar surface area (TPSA) is 36.4 Å². The van der Waals surface area contributed by atoms with E-state index in [2.05, 4.69) is 26.9 Å². The van der Waals surface area contributed by atoms with Gasteiger partial charge in [-0.25, -0.2) is 4.98 Å². The van der Waals surface area contributed by atoms with Crippen LogP contribution in [0.2, 0.25) is 5.02 Å². The molecule has 0 saturated carbocycles. The van der Waals surface area contributed by atoms with Gasteiger partial charge in [-0.1, -0.05) is 23.7 Å². The van der Waals surface area contributed by atoms with Crippen molar-refractivity contribution in [1.29, 1.82) is 0 Å². The van der Waals surface area contributed by atoms with Crippen LogP contribution in [0.15, 0.2) is 48.5 Å². The molecule has 1 aliphatic rings. The number of carbonyl (C=O) groups excluding carboxylic acids is 1. The molecule has 1 fully saturated rings. The summed E-state index contributed by atoms with van der Waals surface area (Å²) < 4.78 is 1.08. The van der Waals surface area contributed by atoms with Crippen LogP contribution < -0.4 is 4.90 Å². The molecule has 1 aliphatic heterocycles. The molecule has 4 nitrogen and oxygen atoms in total. The predicted octanol–water partition coefficient (Wildman–Crippen LogP) is 5.16. The van der Waals surface area contributed by atoms with Gasteiger partial charge in [0, 0.05) is 43.3 Å². The smallest absolute Gasteiger partial charge is 0.191 e. The zero-order chi connectivity index (χ0) is 18.6. The molecule has 7 heteroatoms. The van der Waals surface area contributed by atoms with Crippen LogP contribution in [-0.2, 0) is 0 Å². The number of carbonyl (C=O) groups is 1. The fourth-order valence-electron chi connectivity index (χ4n) is 3.44. The van der Waals surface area contributed by atoms with Gasteiger partial charge in [-0.15, -0.1) is 23.7 Å². The van der Waals surface area contributed by atoms with Gasteiger partial charge in [0.1, 0.15) is 0 Å². The first-order chi connectivity index (χ1) is 13.2. The Labute approximate surface area is 180 Å². The summed E-state index contributed by atoms with van der Waals surface area (Å²) in [6, 6.07) is 16.0. The summed E-state index contributed by atoms with van der Waals surface area (Å²) in [4.78, 5) is 21.7. The van der Waals surface area contributed by atoms with Gasteiger partial charge in [0.05, 0.1) is 10.2 Å². The van der Waals surface area contributed by atoms with Crippen molar-refractivity contribution < 1.29 is 4.79 Å². The first-order valence-corrected chi connectivity index (χ1v) is 10.5. The highest BCUT2D eigenvalue weighted by Gasteiger charge is 2.18. The molecule has 0 bridgehead atoms. The largest absolute Gasteiger partial charge is 0.369 e. The van der Waals surface area contributed by atoms with Gasteiger partial charge >= 0.3 is 0 Å². The van der Waals surface area contributed by atoms with Gasteiger partial charge in [-0.2, -0.15) is 0 Å². The summed E-state index contributed by atoms with van der Waals surface area (Å²) in [5.41, 5.74) is 2.15. The van der Waals surface area contributed by atoms with Crippen LogP contribution in [0.5, 0.6) is 0 Å². The summed E-state index contributed by atoms with van der Waals surface area (Å²) in [5, 5.41) is 1.42. The molecule has 0 N–H and O–H groups in total. The molecule has 28 heavy (non-hydrogen) atoms. The van der Waals surface area contributed by atoms with E-state index >= 15 is 0 Å². The number of aromatic nitrogens is 1. The lowest BCUT2D eigenvalue weighted by molar-refractivity contribution is 0.0974. The maximum atomic E-state index is 12.4. The van der Waals surface area contributed by atoms with E-state index in [1.807, 2.05) is 36.4 Å². The minimum Gasteiger partial charge on any atom is -0.369 e. The molecule has 3 aromatic rings. The quantitative estimate of drug-likeness (QED) is 0.501. The summed E-state index contributed by atoms with van der Waals surface area (Å²) in [6.07, 6.45) is 1.45. The number of rotatable bonds is 6. The van der Waals surface area contributed by atoms with Gasteiger partial charge in [0.25, 0.3) is 0 Å². The number of halogens is 2. The number of fused-ring (bicyclic) bond motifs is 1. The number of anilines is 1. The molecule has 1 aromatic heterocycles. The highest BCUT2D eigenvalue weighted by Crippen LogP contribution is 2.23. The normalized spacial score (nSPS) is 14.8. The Morgan fingerprint density at radius 1 is 1.04 bits per heavy atom. The van der Waals surface area contributed by atoms with E-state index in [4.69, 9.17) is 11.6 Å². The Bertz CT molecular complexity index is 888. The molecule has 0 amide bonds. The molecule has 0 atom stereocenters. The van der Waals surface area contributed by atoms with Crippen molar-refractivity contribution in [2.75, 3.05) is 37.6 Å². The third kappa shape index (κ3) is 5.03. The van der Waals surface area contributed by atoms with E-state index in [1.165, 1.54) is 17.0 Å². The minimum absolute atomic E-state index is 0. The average Bonchev–Trinajstić information content (AvgIpc) is 3.14. The second-order valence-corrected chi connectivity index (χ2v) is 8.29. The first kappa shape index (κ1) is 21.1. The molecule has 2 aromatic carbocycles. The van der Waals surface area contributed by atoms with Crippen molar-refractivity contribution in [2.45, 2.75) is 12.8 Å². The van der Waals surface area contributed by atoms with Crippen LogP contribution in [0, 0.1) is 0 Å². The monoisotopic (exact) mass is 435 g/mol. The summed E-state index contributed by atoms with van der Waals surface area (Å²) in [6.45, 7) is 5.03. The molecule has 1 saturated heterocycles. The van der Waals surface area contributed by atoms with Crippen molar-refractivity contribution in [3.05, 3.63) is 58.6 Å². The van der Waals surface area contributed by atoms with Crippen molar-refractivity contribution in [3.8, 4) is 0 Å². The highest BCUT2D eigenvalue weighted by atomic mass is 35.5. The molecular weight excluding hydrogens is 413 g/mol. The first-order valence-electron chi connectivity index (χ1n) is 9.31. The molecule has 0 spiro atoms. The van der Waals surface area contributed by atoms with Crippen LogP contribution in [0.25, 0.3) is 10.2 Å². The fraction of sp³-hybridized carbons (Fsp3) is 0.333. The highest BCUT2D eigenvalue weighted by molar-refractivity contribution is 7.20. The van der Waals surface area contributed by atoms with Gasteiger partial charge in [-0.05, 0) is 49.4 Å². The molecule has 148 valence electrons. The minimum atomic E-state index is 0. The zero-order valence-electron chi connectivity index (χ0n) is 15.5. The number of Topliss-reactive ketones (excluding diaryl/α,β-unsaturated/α-hetero) is 1. The maximum absolute atomic E-state index is 12.4. The number of benzene rings is 2. The number of thiazole rings is 1. The number of ketones is 1. The van der Waals surface area contributed by atoms with E-state index in [0.717, 1.165) is 54.4 Å². The van der Waals surface area contributed by atoms with Crippen molar-refractivity contribution in [3.63, 3.8) is 0 Å². The molecule has 2 heterocycles. The van der Waals surface area contributed by atoms with E-state index in [-0.39, 0.29) is 18.2 Å². The summed E-state index contributed by atoms with van der Waals surface area (Å²) in [7, 11) is 0. The van der Waals surface area contributed by atoms with Gasteiger partial charge < -0.3 is 4.90 Å². The van der Waals surface area contributed by atoms with Crippen molar-refractivity contribution in [1.82, 2.24) is 9.88 Å². The maximum Gasteiger partial charge on any atom is 0.191 e. The lowest BCUT2D eigenvalue weighted by atomic mass is 10.2. The van der Waals surface area contributed by atoms with Crippen LogP contribution in [0.3, 0.4) is 0 Å². The third-order valence-electron chi connectivity index (χ3n) is 4.97. The van der Waals surface area contributed by atoms with Crippen LogP contribution in [0.1, 0.15) is 22.6 Å². The molecule has 0 radical (unpaired) electrons.